The number of nitrogens with two attached hydrogens (primary N) is 1. The summed E-state index contributed by atoms with van der Waals surface area (Å²) in [7, 11) is 0. The lowest BCUT2D eigenvalue weighted by Gasteiger charge is -2.14. The number of carbonyl (C=O) groups excluding carboxylic acids is 1. The summed E-state index contributed by atoms with van der Waals surface area (Å²) in [5.74, 6) is -0.445. The zero-order chi connectivity index (χ0) is 11.4. The third kappa shape index (κ3) is 3.13. The highest BCUT2D eigenvalue weighted by molar-refractivity contribution is 6.33. The number of rotatable bonds is 4. The Balaban J connectivity index is 2.95. The van der Waals surface area contributed by atoms with Gasteiger partial charge in [-0.25, -0.2) is 0 Å². The van der Waals surface area contributed by atoms with Crippen LogP contribution in [0.3, 0.4) is 0 Å². The summed E-state index contributed by atoms with van der Waals surface area (Å²) in [5.41, 5.74) is 6.40. The topological polar surface area (TPSA) is 55.1 Å². The Hall–Kier alpha value is -1.22. The highest BCUT2D eigenvalue weighted by atomic mass is 35.5. The first-order valence-electron chi connectivity index (χ1n) is 4.90. The highest BCUT2D eigenvalue weighted by Crippen LogP contribution is 2.23. The first kappa shape index (κ1) is 11.9. The van der Waals surface area contributed by atoms with Gasteiger partial charge in [-0.15, -0.1) is 0 Å². The van der Waals surface area contributed by atoms with E-state index in [0.29, 0.717) is 16.6 Å². The Kier molecular flexibility index (Phi) is 3.97. The largest absolute Gasteiger partial charge is 0.381 e. The van der Waals surface area contributed by atoms with Crippen molar-refractivity contribution in [2.75, 3.05) is 5.32 Å². The molecule has 1 unspecified atom stereocenters. The van der Waals surface area contributed by atoms with E-state index in [1.54, 1.807) is 18.2 Å². The maximum atomic E-state index is 11.0. The molecule has 0 aliphatic carbocycles. The summed E-state index contributed by atoms with van der Waals surface area (Å²) < 4.78 is 0. The minimum atomic E-state index is -0.445. The van der Waals surface area contributed by atoms with Gasteiger partial charge >= 0.3 is 0 Å². The Morgan fingerprint density at radius 2 is 2.27 bits per heavy atom. The molecule has 4 heteroatoms. The molecule has 1 aromatic carbocycles. The second-order valence-electron chi connectivity index (χ2n) is 3.51. The van der Waals surface area contributed by atoms with Crippen molar-refractivity contribution in [3.05, 3.63) is 28.8 Å². The van der Waals surface area contributed by atoms with Crippen LogP contribution >= 0.6 is 11.6 Å². The van der Waals surface area contributed by atoms with Crippen molar-refractivity contribution < 1.29 is 4.79 Å². The molecule has 0 radical (unpaired) electrons. The van der Waals surface area contributed by atoms with Crippen LogP contribution in [0.1, 0.15) is 30.6 Å². The summed E-state index contributed by atoms with van der Waals surface area (Å²) in [5, 5.41) is 3.81. The van der Waals surface area contributed by atoms with Crippen molar-refractivity contribution in [1.29, 1.82) is 0 Å². The van der Waals surface area contributed by atoms with E-state index >= 15 is 0 Å². The van der Waals surface area contributed by atoms with Crippen LogP contribution in [-0.4, -0.2) is 11.9 Å². The third-order valence-electron chi connectivity index (χ3n) is 2.27. The van der Waals surface area contributed by atoms with Crippen molar-refractivity contribution in [2.24, 2.45) is 5.73 Å². The molecule has 0 saturated carbocycles. The zero-order valence-electron chi connectivity index (χ0n) is 8.88. The molecule has 82 valence electrons. The molecule has 0 saturated heterocycles. The van der Waals surface area contributed by atoms with Crippen LogP contribution in [0.5, 0.6) is 0 Å². The summed E-state index contributed by atoms with van der Waals surface area (Å²) >= 11 is 5.99. The molecule has 3 nitrogen and oxygen atoms in total. The Labute approximate surface area is 94.6 Å². The van der Waals surface area contributed by atoms with Gasteiger partial charge in [-0.2, -0.15) is 0 Å². The zero-order valence-corrected chi connectivity index (χ0v) is 9.64. The number of anilines is 1. The van der Waals surface area contributed by atoms with Crippen LogP contribution in [0.4, 0.5) is 5.69 Å². The number of halogens is 1. The van der Waals surface area contributed by atoms with E-state index in [9.17, 15) is 4.79 Å². The van der Waals surface area contributed by atoms with Gasteiger partial charge in [0.25, 0.3) is 0 Å². The molecule has 3 N–H and O–H groups in total. The SMILES string of the molecule is CCC(C)Nc1cc(C(N)=O)ccc1Cl. The molecule has 0 aliphatic heterocycles. The third-order valence-corrected chi connectivity index (χ3v) is 2.59. The molecule has 0 aliphatic rings. The van der Waals surface area contributed by atoms with Crippen LogP contribution in [-0.2, 0) is 0 Å². The molecular weight excluding hydrogens is 212 g/mol. The number of primary amides is 1. The smallest absolute Gasteiger partial charge is 0.248 e. The normalized spacial score (nSPS) is 12.2. The quantitative estimate of drug-likeness (QED) is 0.829. The van der Waals surface area contributed by atoms with E-state index in [1.165, 1.54) is 0 Å². The predicted octanol–water partition coefficient (Wildman–Crippen LogP) is 2.65. The first-order valence-corrected chi connectivity index (χ1v) is 5.28. The Morgan fingerprint density at radius 1 is 1.60 bits per heavy atom. The standard InChI is InChI=1S/C11H15ClN2O/c1-3-7(2)14-10-6-8(11(13)15)4-5-9(10)12/h4-7,14H,3H2,1-2H3,(H2,13,15). The minimum absolute atomic E-state index is 0.311. The van der Waals surface area contributed by atoms with E-state index in [4.69, 9.17) is 17.3 Å². The first-order chi connectivity index (χ1) is 7.04. The van der Waals surface area contributed by atoms with Crippen molar-refractivity contribution >= 4 is 23.2 Å². The monoisotopic (exact) mass is 226 g/mol. The van der Waals surface area contributed by atoms with Gasteiger partial charge in [0.2, 0.25) is 5.91 Å². The maximum Gasteiger partial charge on any atom is 0.248 e. The average Bonchev–Trinajstić information content (AvgIpc) is 2.20. The predicted molar refractivity (Wildman–Crippen MR) is 63.3 cm³/mol. The summed E-state index contributed by atoms with van der Waals surface area (Å²) in [4.78, 5) is 11.0. The van der Waals surface area contributed by atoms with Gasteiger partial charge in [-0.05, 0) is 31.5 Å². The lowest BCUT2D eigenvalue weighted by Crippen LogP contribution is -2.15. The second kappa shape index (κ2) is 5.03. The van der Waals surface area contributed by atoms with Crippen molar-refractivity contribution in [3.8, 4) is 0 Å². The lowest BCUT2D eigenvalue weighted by atomic mass is 10.1. The molecular formula is C11H15ClN2O. The fourth-order valence-corrected chi connectivity index (χ4v) is 1.33. The van der Waals surface area contributed by atoms with E-state index in [0.717, 1.165) is 12.1 Å². The maximum absolute atomic E-state index is 11.0. The van der Waals surface area contributed by atoms with Gasteiger partial charge < -0.3 is 11.1 Å². The van der Waals surface area contributed by atoms with E-state index in [2.05, 4.69) is 12.2 Å². The molecule has 0 aromatic heterocycles. The van der Waals surface area contributed by atoms with Crippen molar-refractivity contribution in [2.45, 2.75) is 26.3 Å². The Bertz CT molecular complexity index is 366. The van der Waals surface area contributed by atoms with E-state index in [1.807, 2.05) is 6.92 Å². The molecule has 1 rings (SSSR count). The van der Waals surface area contributed by atoms with Crippen LogP contribution in [0, 0.1) is 0 Å². The molecule has 1 atom stereocenters. The second-order valence-corrected chi connectivity index (χ2v) is 3.92. The number of nitrogens with one attached hydrogen (secondary N) is 1. The number of hydrogen-bond acceptors (Lipinski definition) is 2. The van der Waals surface area contributed by atoms with Crippen LogP contribution in [0.25, 0.3) is 0 Å². The van der Waals surface area contributed by atoms with Gasteiger partial charge in [0.15, 0.2) is 0 Å². The van der Waals surface area contributed by atoms with Crippen LogP contribution < -0.4 is 11.1 Å². The fraction of sp³-hybridized carbons (Fsp3) is 0.364. The van der Waals surface area contributed by atoms with Gasteiger partial charge in [0, 0.05) is 11.6 Å². The molecule has 15 heavy (non-hydrogen) atoms. The summed E-state index contributed by atoms with van der Waals surface area (Å²) in [6, 6.07) is 5.28. The van der Waals surface area contributed by atoms with Gasteiger partial charge in [-0.3, -0.25) is 4.79 Å². The number of benzene rings is 1. The van der Waals surface area contributed by atoms with E-state index < -0.39 is 5.91 Å². The van der Waals surface area contributed by atoms with Gasteiger partial charge in [0.05, 0.1) is 10.7 Å². The van der Waals surface area contributed by atoms with Crippen LogP contribution in [0.15, 0.2) is 18.2 Å². The minimum Gasteiger partial charge on any atom is -0.381 e. The van der Waals surface area contributed by atoms with Gasteiger partial charge in [0.1, 0.15) is 0 Å². The molecule has 0 spiro atoms. The molecule has 1 aromatic rings. The van der Waals surface area contributed by atoms with E-state index in [-0.39, 0.29) is 0 Å². The number of amides is 1. The lowest BCUT2D eigenvalue weighted by molar-refractivity contribution is 0.100. The Morgan fingerprint density at radius 3 is 2.80 bits per heavy atom. The molecule has 1 amide bonds. The number of hydrogen-bond donors (Lipinski definition) is 2. The molecule has 0 bridgehead atoms. The van der Waals surface area contributed by atoms with Crippen molar-refractivity contribution in [1.82, 2.24) is 0 Å². The average molecular weight is 227 g/mol. The van der Waals surface area contributed by atoms with Crippen molar-refractivity contribution in [3.63, 3.8) is 0 Å². The number of carbonyl (C=O) groups is 1. The molecule has 0 heterocycles. The fourth-order valence-electron chi connectivity index (χ4n) is 1.16. The highest BCUT2D eigenvalue weighted by Gasteiger charge is 2.07. The summed E-state index contributed by atoms with van der Waals surface area (Å²) in [6.45, 7) is 4.12. The van der Waals surface area contributed by atoms with Gasteiger partial charge in [-0.1, -0.05) is 18.5 Å². The summed E-state index contributed by atoms with van der Waals surface area (Å²) in [6.07, 6.45) is 0.983. The van der Waals surface area contributed by atoms with Crippen LogP contribution in [0.2, 0.25) is 5.02 Å². The molecule has 0 fully saturated rings.